The fourth-order valence-electron chi connectivity index (χ4n) is 8.53. The highest BCUT2D eigenvalue weighted by molar-refractivity contribution is 14.1. The quantitative estimate of drug-likeness (QED) is 0.235. The van der Waals surface area contributed by atoms with Gasteiger partial charge in [0.15, 0.2) is 6.29 Å². The molecule has 0 aromatic heterocycles. The summed E-state index contributed by atoms with van der Waals surface area (Å²) >= 11 is 2.40. The van der Waals surface area contributed by atoms with Crippen LogP contribution in [0.25, 0.3) is 0 Å². The van der Waals surface area contributed by atoms with Crippen LogP contribution in [0.2, 0.25) is 0 Å². The number of amidine groups is 1. The molecule has 5 atom stereocenters. The van der Waals surface area contributed by atoms with E-state index in [0.717, 1.165) is 83.6 Å². The van der Waals surface area contributed by atoms with Crippen LogP contribution in [-0.2, 0) is 25.9 Å². The monoisotopic (exact) mass is 804 g/mol. The maximum Gasteiger partial charge on any atom is 0.257 e. The number of unbranched alkanes of at least 4 members (excludes halogenated alkanes) is 1. The predicted molar refractivity (Wildman–Crippen MR) is 208 cm³/mol. The SMILES string of the molecule is Cc1ccc(I)cc1CCCCN1CC2(C)CC[C@H]2[C@@H](C2OCC(N3CCC3)CO2)CCC[C@H](C)[C@@H](C)S(=O)(=O)N=C(N)c2cccc1c2. The molecule has 0 amide bonds. The number of ether oxygens (including phenoxy) is 2. The highest BCUT2D eigenvalue weighted by atomic mass is 127. The Labute approximate surface area is 308 Å². The molecule has 1 unspecified atom stereocenters. The summed E-state index contributed by atoms with van der Waals surface area (Å²) in [6, 6.07) is 15.1. The molecule has 2 N–H and O–H groups in total. The Hall–Kier alpha value is -1.73. The number of hydrogen-bond acceptors (Lipinski definition) is 7. The normalized spacial score (nSPS) is 32.8. The van der Waals surface area contributed by atoms with Crippen molar-refractivity contribution in [2.75, 3.05) is 44.3 Å². The average molecular weight is 805 g/mol. The van der Waals surface area contributed by atoms with Crippen LogP contribution in [0, 0.1) is 33.7 Å². The summed E-state index contributed by atoms with van der Waals surface area (Å²) in [6.45, 7) is 14.1. The van der Waals surface area contributed by atoms with Crippen molar-refractivity contribution in [3.8, 4) is 0 Å². The van der Waals surface area contributed by atoms with E-state index in [-0.39, 0.29) is 29.4 Å². The lowest BCUT2D eigenvalue weighted by Gasteiger charge is -2.55. The first-order chi connectivity index (χ1) is 23.4. The van der Waals surface area contributed by atoms with Crippen molar-refractivity contribution < 1.29 is 17.9 Å². The minimum absolute atomic E-state index is 0.0446. The van der Waals surface area contributed by atoms with E-state index in [1.807, 2.05) is 25.1 Å². The molecule has 0 radical (unpaired) electrons. The fraction of sp³-hybridized carbons (Fsp3) is 0.667. The first-order valence-corrected chi connectivity index (χ1v) is 21.2. The molecule has 6 rings (SSSR count). The molecule has 10 heteroatoms. The van der Waals surface area contributed by atoms with Gasteiger partial charge in [-0.2, -0.15) is 0 Å². The van der Waals surface area contributed by atoms with Crippen LogP contribution < -0.4 is 10.6 Å². The summed E-state index contributed by atoms with van der Waals surface area (Å²) in [5, 5.41) is -0.623. The summed E-state index contributed by atoms with van der Waals surface area (Å²) in [5.74, 6) is 0.761. The molecule has 2 aromatic rings. The van der Waals surface area contributed by atoms with Crippen LogP contribution in [0.5, 0.6) is 0 Å². The summed E-state index contributed by atoms with van der Waals surface area (Å²) < 4.78 is 45.5. The molecule has 2 aromatic carbocycles. The Morgan fingerprint density at radius 1 is 1.02 bits per heavy atom. The van der Waals surface area contributed by atoms with Gasteiger partial charge in [-0.15, -0.1) is 4.40 Å². The van der Waals surface area contributed by atoms with Crippen LogP contribution in [0.15, 0.2) is 46.9 Å². The Morgan fingerprint density at radius 3 is 2.49 bits per heavy atom. The molecule has 3 fully saturated rings. The Bertz CT molecular complexity index is 1570. The van der Waals surface area contributed by atoms with Gasteiger partial charge in [-0.3, -0.25) is 4.90 Å². The second kappa shape index (κ2) is 15.9. The first-order valence-electron chi connectivity index (χ1n) is 18.6. The average Bonchev–Trinajstić information content (AvgIpc) is 3.05. The Balaban J connectivity index is 1.27. The molecule has 3 aliphatic heterocycles. The Morgan fingerprint density at radius 2 is 1.80 bits per heavy atom. The van der Waals surface area contributed by atoms with Crippen molar-refractivity contribution in [1.82, 2.24) is 4.90 Å². The van der Waals surface area contributed by atoms with Crippen molar-refractivity contribution in [2.24, 2.45) is 33.3 Å². The standard InChI is InChI=1S/C39H57IN4O4S/c1-27-10-7-14-35(38-47-24-34(25-48-38)43-20-9-21-43)36-17-18-39(36,4)26-44(19-6-5-11-30-22-32(40)16-15-28(30)2)33-13-8-12-31(23-33)37(41)42-49(45,46)29(27)3/h8,12-13,15-16,22-23,27,29,34-36,38H,5-7,9-11,14,17-21,24-26H2,1-4H3,(H2,41,42)/t27-,29+,34?,35-,36-,38?,39?/m0/s1. The van der Waals surface area contributed by atoms with Gasteiger partial charge >= 0.3 is 0 Å². The van der Waals surface area contributed by atoms with Crippen molar-refractivity contribution in [2.45, 2.75) is 103 Å². The molecule has 2 bridgehead atoms. The van der Waals surface area contributed by atoms with Gasteiger partial charge in [0.25, 0.3) is 10.0 Å². The van der Waals surface area contributed by atoms with Crippen LogP contribution in [-0.4, -0.2) is 76.1 Å². The number of fused-ring (bicyclic) bond motifs is 3. The second-order valence-electron chi connectivity index (χ2n) is 15.6. The van der Waals surface area contributed by atoms with E-state index >= 15 is 0 Å². The van der Waals surface area contributed by atoms with Crippen LogP contribution in [0.3, 0.4) is 0 Å². The fourth-order valence-corrected chi connectivity index (χ4v) is 10.4. The van der Waals surface area contributed by atoms with Crippen molar-refractivity contribution in [3.63, 3.8) is 0 Å². The topological polar surface area (TPSA) is 97.5 Å². The van der Waals surface area contributed by atoms with E-state index in [2.05, 4.69) is 74.9 Å². The van der Waals surface area contributed by atoms with Crippen molar-refractivity contribution in [1.29, 1.82) is 0 Å². The van der Waals surface area contributed by atoms with E-state index in [4.69, 9.17) is 15.2 Å². The molecule has 8 nitrogen and oxygen atoms in total. The number of nitrogens with zero attached hydrogens (tertiary/aromatic N) is 3. The zero-order valence-electron chi connectivity index (χ0n) is 30.0. The van der Waals surface area contributed by atoms with E-state index in [1.165, 1.54) is 34.0 Å². The first kappa shape index (κ1) is 37.0. The zero-order valence-corrected chi connectivity index (χ0v) is 32.9. The number of nitrogens with two attached hydrogens (primary N) is 1. The molecule has 1 aliphatic carbocycles. The molecule has 270 valence electrons. The third kappa shape index (κ3) is 8.67. The number of likely N-dealkylation sites (tertiary alicyclic amines) is 1. The van der Waals surface area contributed by atoms with Gasteiger partial charge in [-0.25, -0.2) is 8.42 Å². The van der Waals surface area contributed by atoms with Crippen LogP contribution in [0.1, 0.15) is 88.8 Å². The Kier molecular flexibility index (Phi) is 12.0. The highest BCUT2D eigenvalue weighted by Crippen LogP contribution is 2.54. The van der Waals surface area contributed by atoms with Crippen molar-refractivity contribution >= 4 is 44.1 Å². The summed E-state index contributed by atoms with van der Waals surface area (Å²) in [4.78, 5) is 5.00. The molecule has 2 saturated heterocycles. The second-order valence-corrected chi connectivity index (χ2v) is 18.8. The van der Waals surface area contributed by atoms with Crippen LogP contribution >= 0.6 is 22.6 Å². The predicted octanol–water partition coefficient (Wildman–Crippen LogP) is 7.15. The molecule has 4 aliphatic rings. The number of hydrogen-bond donors (Lipinski definition) is 1. The maximum atomic E-state index is 13.5. The molecular formula is C39H57IN4O4S. The molecule has 3 heterocycles. The number of halogens is 1. The van der Waals surface area contributed by atoms with Crippen molar-refractivity contribution in [3.05, 3.63) is 62.7 Å². The molecule has 0 spiro atoms. The molecule has 1 saturated carbocycles. The molecular weight excluding hydrogens is 747 g/mol. The lowest BCUT2D eigenvalue weighted by molar-refractivity contribution is -0.252. The summed E-state index contributed by atoms with van der Waals surface area (Å²) in [5.41, 5.74) is 11.0. The maximum absolute atomic E-state index is 13.5. The van der Waals surface area contributed by atoms with E-state index in [9.17, 15) is 8.42 Å². The lowest BCUT2D eigenvalue weighted by atomic mass is 9.55. The lowest BCUT2D eigenvalue weighted by Crippen LogP contribution is -2.57. The van der Waals surface area contributed by atoms with Gasteiger partial charge in [-0.1, -0.05) is 38.5 Å². The third-order valence-corrected chi connectivity index (χ3v) is 14.8. The van der Waals surface area contributed by atoms with Crippen LogP contribution in [0.4, 0.5) is 5.69 Å². The van der Waals surface area contributed by atoms with Gasteiger partial charge in [0, 0.05) is 33.8 Å². The minimum atomic E-state index is -3.79. The summed E-state index contributed by atoms with van der Waals surface area (Å²) in [6.07, 6.45) is 9.29. The largest absolute Gasteiger partial charge is 0.383 e. The van der Waals surface area contributed by atoms with E-state index in [1.54, 1.807) is 6.92 Å². The number of aryl methyl sites for hydroxylation is 2. The van der Waals surface area contributed by atoms with Gasteiger partial charge in [0.05, 0.1) is 24.5 Å². The third-order valence-electron chi connectivity index (χ3n) is 12.3. The van der Waals surface area contributed by atoms with Gasteiger partial charge in [0.1, 0.15) is 5.84 Å². The number of sulfonamides is 1. The molecule has 49 heavy (non-hydrogen) atoms. The minimum Gasteiger partial charge on any atom is -0.383 e. The number of benzene rings is 2. The summed E-state index contributed by atoms with van der Waals surface area (Å²) in [7, 11) is -3.79. The number of anilines is 1. The number of rotatable bonds is 7. The van der Waals surface area contributed by atoms with E-state index in [0.29, 0.717) is 17.5 Å². The van der Waals surface area contributed by atoms with E-state index < -0.39 is 15.3 Å². The zero-order chi connectivity index (χ0) is 34.8. The van der Waals surface area contributed by atoms with Gasteiger partial charge in [-0.05, 0) is 154 Å². The smallest absolute Gasteiger partial charge is 0.257 e. The van der Waals surface area contributed by atoms with Gasteiger partial charge in [0.2, 0.25) is 0 Å². The highest BCUT2D eigenvalue weighted by Gasteiger charge is 2.50. The van der Waals surface area contributed by atoms with Gasteiger partial charge < -0.3 is 20.1 Å².